The lowest BCUT2D eigenvalue weighted by Crippen LogP contribution is -2.24. The summed E-state index contributed by atoms with van der Waals surface area (Å²) in [7, 11) is 3.97. The van der Waals surface area contributed by atoms with Crippen molar-refractivity contribution in [3.8, 4) is 44.5 Å². The van der Waals surface area contributed by atoms with Gasteiger partial charge >= 0.3 is 0 Å². The largest absolute Gasteiger partial charge is 0.362 e. The van der Waals surface area contributed by atoms with Crippen molar-refractivity contribution >= 4 is 11.7 Å². The predicted molar refractivity (Wildman–Crippen MR) is 182 cm³/mol. The highest BCUT2D eigenvalue weighted by Gasteiger charge is 2.15. The van der Waals surface area contributed by atoms with Crippen LogP contribution < -0.4 is 0 Å². The molecule has 208 valence electrons. The molecule has 0 aliphatic heterocycles. The zero-order valence-corrected chi connectivity index (χ0v) is 24.4. The third-order valence-electron chi connectivity index (χ3n) is 7.47. The molecule has 43 heavy (non-hydrogen) atoms. The summed E-state index contributed by atoms with van der Waals surface area (Å²) in [6.45, 7) is 0. The number of nitrogens with one attached hydrogen (secondary N) is 1. The van der Waals surface area contributed by atoms with Crippen LogP contribution in [-0.2, 0) is 0 Å². The third kappa shape index (κ3) is 6.37. The van der Waals surface area contributed by atoms with E-state index in [-0.39, 0.29) is 5.84 Å². The van der Waals surface area contributed by atoms with E-state index in [1.54, 1.807) is 0 Å². The van der Waals surface area contributed by atoms with Crippen LogP contribution in [0.1, 0.15) is 11.1 Å². The molecule has 0 aromatic heterocycles. The Kier molecular flexibility index (Phi) is 8.06. The first-order valence-corrected chi connectivity index (χ1v) is 14.4. The van der Waals surface area contributed by atoms with Crippen LogP contribution >= 0.6 is 0 Å². The molecule has 0 unspecified atom stereocenters. The second kappa shape index (κ2) is 12.5. The first kappa shape index (κ1) is 27.6. The number of nitrogens with zero attached hydrogens (tertiary/aromatic N) is 2. The SMILES string of the molecule is CN(C)C(=NC(=N)c1cc(-c2ccccc2)cc(-c2ccccc2)c1)c1cc(-c2ccccc2)cc(-c2ccccc2)c1. The second-order valence-corrected chi connectivity index (χ2v) is 10.7. The Hall–Kier alpha value is -5.54. The van der Waals surface area contributed by atoms with E-state index in [2.05, 4.69) is 109 Å². The van der Waals surface area contributed by atoms with E-state index in [9.17, 15) is 5.41 Å². The van der Waals surface area contributed by atoms with Gasteiger partial charge in [0, 0.05) is 25.2 Å². The molecular weight excluding hydrogens is 522 g/mol. The van der Waals surface area contributed by atoms with Gasteiger partial charge in [0.15, 0.2) is 5.84 Å². The molecule has 1 N–H and O–H groups in total. The monoisotopic (exact) mass is 555 g/mol. The van der Waals surface area contributed by atoms with Gasteiger partial charge < -0.3 is 4.90 Å². The second-order valence-electron chi connectivity index (χ2n) is 10.7. The van der Waals surface area contributed by atoms with Gasteiger partial charge in [0.05, 0.1) is 0 Å². The summed E-state index contributed by atoms with van der Waals surface area (Å²) >= 11 is 0. The quantitative estimate of drug-likeness (QED) is 0.161. The van der Waals surface area contributed by atoms with Crippen LogP contribution in [0.25, 0.3) is 44.5 Å². The number of aliphatic imine (C=N–C) groups is 1. The maximum absolute atomic E-state index is 9.24. The average Bonchev–Trinajstić information content (AvgIpc) is 3.08. The van der Waals surface area contributed by atoms with Gasteiger partial charge in [-0.1, -0.05) is 121 Å². The van der Waals surface area contributed by atoms with Gasteiger partial charge in [-0.05, 0) is 80.9 Å². The van der Waals surface area contributed by atoms with Crippen LogP contribution in [0.3, 0.4) is 0 Å². The van der Waals surface area contributed by atoms with Crippen molar-refractivity contribution in [1.82, 2.24) is 4.90 Å². The Morgan fingerprint density at radius 1 is 0.419 bits per heavy atom. The van der Waals surface area contributed by atoms with Crippen molar-refractivity contribution in [1.29, 1.82) is 5.41 Å². The molecule has 0 heterocycles. The van der Waals surface area contributed by atoms with Gasteiger partial charge in [0.1, 0.15) is 5.84 Å². The summed E-state index contributed by atoms with van der Waals surface area (Å²) in [5, 5.41) is 9.24. The summed E-state index contributed by atoms with van der Waals surface area (Å²) in [4.78, 5) is 6.97. The standard InChI is InChI=1S/C40H33N3/c1-43(2)40(38-27-35(31-19-11-5-12-20-31)24-36(28-38)32-21-13-6-14-22-32)42-39(41)37-25-33(29-15-7-3-8-16-29)23-34(26-37)30-17-9-4-10-18-30/h3-28,41H,1-2H3. The molecule has 6 aromatic rings. The fraction of sp³-hybridized carbons (Fsp3) is 0.0500. The Morgan fingerprint density at radius 3 is 1.02 bits per heavy atom. The van der Waals surface area contributed by atoms with Gasteiger partial charge in [-0.3, -0.25) is 5.41 Å². The van der Waals surface area contributed by atoms with E-state index < -0.39 is 0 Å². The van der Waals surface area contributed by atoms with Crippen LogP contribution in [0, 0.1) is 5.41 Å². The number of benzene rings is 6. The maximum atomic E-state index is 9.24. The van der Waals surface area contributed by atoms with E-state index in [0.29, 0.717) is 0 Å². The first-order valence-electron chi connectivity index (χ1n) is 14.4. The Labute approximate surface area is 254 Å². The molecule has 0 fully saturated rings. The van der Waals surface area contributed by atoms with Gasteiger partial charge in [-0.15, -0.1) is 0 Å². The van der Waals surface area contributed by atoms with E-state index in [4.69, 9.17) is 4.99 Å². The van der Waals surface area contributed by atoms with Crippen molar-refractivity contribution in [3.63, 3.8) is 0 Å². The summed E-state index contributed by atoms with van der Waals surface area (Å²) in [6.07, 6.45) is 0. The topological polar surface area (TPSA) is 39.5 Å². The molecule has 0 aliphatic rings. The molecule has 3 heteroatoms. The van der Waals surface area contributed by atoms with E-state index >= 15 is 0 Å². The molecule has 0 amide bonds. The summed E-state index contributed by atoms with van der Waals surface area (Å²) in [6, 6.07) is 54.3. The highest BCUT2D eigenvalue weighted by Crippen LogP contribution is 2.31. The molecule has 0 bridgehead atoms. The third-order valence-corrected chi connectivity index (χ3v) is 7.47. The van der Waals surface area contributed by atoms with Crippen LogP contribution in [0.4, 0.5) is 0 Å². The molecule has 0 saturated carbocycles. The highest BCUT2D eigenvalue weighted by molar-refractivity contribution is 6.11. The molecule has 3 nitrogen and oxygen atoms in total. The molecule has 0 saturated heterocycles. The number of amidine groups is 2. The number of hydrogen-bond acceptors (Lipinski definition) is 1. The molecular formula is C40H33N3. The minimum atomic E-state index is 0.213. The van der Waals surface area contributed by atoms with E-state index in [0.717, 1.165) is 61.5 Å². The van der Waals surface area contributed by atoms with Gasteiger partial charge in [0.2, 0.25) is 0 Å². The molecule has 0 spiro atoms. The van der Waals surface area contributed by atoms with Crippen LogP contribution in [0.15, 0.2) is 163 Å². The Balaban J connectivity index is 1.48. The molecule has 0 radical (unpaired) electrons. The van der Waals surface area contributed by atoms with Crippen LogP contribution in [0.2, 0.25) is 0 Å². The van der Waals surface area contributed by atoms with Crippen molar-refractivity contribution in [2.75, 3.05) is 14.1 Å². The number of rotatable bonds is 6. The minimum Gasteiger partial charge on any atom is -0.362 e. The van der Waals surface area contributed by atoms with Gasteiger partial charge in [0.25, 0.3) is 0 Å². The summed E-state index contributed by atoms with van der Waals surface area (Å²) < 4.78 is 0. The summed E-state index contributed by atoms with van der Waals surface area (Å²) in [5.74, 6) is 0.941. The molecule has 6 rings (SSSR count). The lowest BCUT2D eigenvalue weighted by atomic mass is 9.95. The minimum absolute atomic E-state index is 0.213. The maximum Gasteiger partial charge on any atom is 0.154 e. The highest BCUT2D eigenvalue weighted by atomic mass is 15.1. The lowest BCUT2D eigenvalue weighted by molar-refractivity contribution is 0.625. The van der Waals surface area contributed by atoms with E-state index in [1.165, 1.54) is 0 Å². The number of hydrogen-bond donors (Lipinski definition) is 1. The lowest BCUT2D eigenvalue weighted by Gasteiger charge is -2.19. The van der Waals surface area contributed by atoms with Gasteiger partial charge in [-0.25, -0.2) is 4.99 Å². The molecule has 6 aromatic carbocycles. The molecule has 0 atom stereocenters. The zero-order chi connectivity index (χ0) is 29.6. The Bertz CT molecular complexity index is 1760. The van der Waals surface area contributed by atoms with Crippen molar-refractivity contribution in [2.24, 2.45) is 4.99 Å². The van der Waals surface area contributed by atoms with Crippen molar-refractivity contribution < 1.29 is 0 Å². The first-order chi connectivity index (χ1) is 21.0. The fourth-order valence-corrected chi connectivity index (χ4v) is 5.30. The van der Waals surface area contributed by atoms with Gasteiger partial charge in [-0.2, -0.15) is 0 Å². The van der Waals surface area contributed by atoms with Crippen LogP contribution in [-0.4, -0.2) is 30.7 Å². The van der Waals surface area contributed by atoms with E-state index in [1.807, 2.05) is 67.5 Å². The predicted octanol–water partition coefficient (Wildman–Crippen LogP) is 9.69. The smallest absolute Gasteiger partial charge is 0.154 e. The zero-order valence-electron chi connectivity index (χ0n) is 24.4. The van der Waals surface area contributed by atoms with Crippen molar-refractivity contribution in [3.05, 3.63) is 169 Å². The summed E-state index contributed by atoms with van der Waals surface area (Å²) in [5.41, 5.74) is 10.5. The average molecular weight is 556 g/mol. The Morgan fingerprint density at radius 2 is 0.721 bits per heavy atom. The normalized spacial score (nSPS) is 11.3. The van der Waals surface area contributed by atoms with Crippen LogP contribution in [0.5, 0.6) is 0 Å². The molecule has 0 aliphatic carbocycles. The fourth-order valence-electron chi connectivity index (χ4n) is 5.30. The van der Waals surface area contributed by atoms with Crippen molar-refractivity contribution in [2.45, 2.75) is 0 Å².